The zero-order chi connectivity index (χ0) is 21.6. The Morgan fingerprint density at radius 3 is 2.97 bits per heavy atom. The first-order valence-electron chi connectivity index (χ1n) is 9.97. The number of benzene rings is 2. The number of thiazole rings is 1. The molecule has 1 atom stereocenters. The number of hydrogen-bond donors (Lipinski definition) is 2. The molecule has 0 radical (unpaired) electrons. The number of nitrogens with one attached hydrogen (secondary N) is 2. The second-order valence-electron chi connectivity index (χ2n) is 7.64. The highest BCUT2D eigenvalue weighted by molar-refractivity contribution is 7.22. The molecule has 2 N–H and O–H groups in total. The van der Waals surface area contributed by atoms with Crippen molar-refractivity contribution in [1.82, 2.24) is 15.2 Å². The number of carbonyl (C=O) groups excluding carboxylic acids is 3. The Morgan fingerprint density at radius 1 is 1.29 bits per heavy atom. The minimum atomic E-state index is -1.08. The second-order valence-corrected chi connectivity index (χ2v) is 8.67. The normalized spacial score (nSPS) is 20.1. The van der Waals surface area contributed by atoms with E-state index in [0.29, 0.717) is 17.3 Å². The number of imide groups is 1. The maximum Gasteiger partial charge on any atom is 0.325 e. The van der Waals surface area contributed by atoms with Gasteiger partial charge in [0.2, 0.25) is 5.91 Å². The van der Waals surface area contributed by atoms with Crippen LogP contribution in [0.2, 0.25) is 0 Å². The fraction of sp³-hybridized carbons (Fsp3) is 0.273. The van der Waals surface area contributed by atoms with E-state index in [0.717, 1.165) is 39.1 Å². The molecule has 1 aliphatic heterocycles. The van der Waals surface area contributed by atoms with Gasteiger partial charge in [-0.1, -0.05) is 35.6 Å². The maximum atomic E-state index is 13.3. The van der Waals surface area contributed by atoms with Gasteiger partial charge in [0.1, 0.15) is 17.8 Å². The van der Waals surface area contributed by atoms with Gasteiger partial charge in [-0.05, 0) is 48.6 Å². The van der Waals surface area contributed by atoms with Crippen molar-refractivity contribution in [2.24, 2.45) is 0 Å². The van der Waals surface area contributed by atoms with Crippen molar-refractivity contribution in [3.05, 3.63) is 53.6 Å². The molecule has 5 rings (SSSR count). The van der Waals surface area contributed by atoms with Crippen LogP contribution in [0, 0.1) is 0 Å². The summed E-state index contributed by atoms with van der Waals surface area (Å²) in [4.78, 5) is 44.0. The smallest absolute Gasteiger partial charge is 0.325 e. The largest absolute Gasteiger partial charge is 0.497 e. The first-order chi connectivity index (χ1) is 15.0. The third-order valence-corrected chi connectivity index (χ3v) is 6.73. The van der Waals surface area contributed by atoms with Crippen molar-refractivity contribution >= 4 is 44.5 Å². The van der Waals surface area contributed by atoms with Gasteiger partial charge in [-0.15, -0.1) is 0 Å². The van der Waals surface area contributed by atoms with Crippen molar-refractivity contribution in [1.29, 1.82) is 0 Å². The Balaban J connectivity index is 1.34. The molecular formula is C22H20N4O4S. The lowest BCUT2D eigenvalue weighted by molar-refractivity contribution is -0.134. The number of rotatable bonds is 4. The van der Waals surface area contributed by atoms with Gasteiger partial charge in [-0.3, -0.25) is 14.5 Å². The number of amides is 4. The summed E-state index contributed by atoms with van der Waals surface area (Å²) in [6.45, 7) is -0.367. The molecule has 2 heterocycles. The van der Waals surface area contributed by atoms with E-state index in [1.807, 2.05) is 36.4 Å². The fourth-order valence-electron chi connectivity index (χ4n) is 4.34. The van der Waals surface area contributed by atoms with Crippen molar-refractivity contribution in [3.63, 3.8) is 0 Å². The summed E-state index contributed by atoms with van der Waals surface area (Å²) in [7, 11) is 1.58. The lowest BCUT2D eigenvalue weighted by Crippen LogP contribution is -2.47. The van der Waals surface area contributed by atoms with Gasteiger partial charge in [0, 0.05) is 0 Å². The molecule has 1 aromatic heterocycles. The number of ether oxygens (including phenoxy) is 1. The van der Waals surface area contributed by atoms with Gasteiger partial charge < -0.3 is 15.4 Å². The molecule has 4 amide bonds. The third-order valence-electron chi connectivity index (χ3n) is 5.79. The lowest BCUT2D eigenvalue weighted by Gasteiger charge is -2.33. The lowest BCUT2D eigenvalue weighted by atomic mass is 9.76. The molecule has 31 heavy (non-hydrogen) atoms. The zero-order valence-corrected chi connectivity index (χ0v) is 17.6. The van der Waals surface area contributed by atoms with Gasteiger partial charge >= 0.3 is 6.03 Å². The second kappa shape index (κ2) is 7.35. The summed E-state index contributed by atoms with van der Waals surface area (Å²) in [5.41, 5.74) is 1.52. The number of aromatic nitrogens is 1. The third kappa shape index (κ3) is 3.21. The van der Waals surface area contributed by atoms with E-state index in [2.05, 4.69) is 15.6 Å². The van der Waals surface area contributed by atoms with Crippen molar-refractivity contribution in [3.8, 4) is 5.75 Å². The highest BCUT2D eigenvalue weighted by Crippen LogP contribution is 2.39. The monoisotopic (exact) mass is 436 g/mol. The predicted octanol–water partition coefficient (Wildman–Crippen LogP) is 3.03. The molecule has 8 nitrogen and oxygen atoms in total. The molecular weight excluding hydrogens is 416 g/mol. The molecule has 1 saturated heterocycles. The Bertz CT molecular complexity index is 1220. The van der Waals surface area contributed by atoms with E-state index in [1.54, 1.807) is 13.2 Å². The minimum Gasteiger partial charge on any atom is -0.497 e. The van der Waals surface area contributed by atoms with Gasteiger partial charge in [0.25, 0.3) is 5.91 Å². The molecule has 1 unspecified atom stereocenters. The van der Waals surface area contributed by atoms with E-state index in [9.17, 15) is 14.4 Å². The molecule has 158 valence electrons. The van der Waals surface area contributed by atoms with Gasteiger partial charge in [-0.25, -0.2) is 9.78 Å². The average molecular weight is 436 g/mol. The van der Waals surface area contributed by atoms with Crippen molar-refractivity contribution in [2.75, 3.05) is 19.0 Å². The molecule has 1 spiro atoms. The number of methoxy groups -OCH3 is 1. The number of aryl methyl sites for hydroxylation is 1. The molecule has 9 heteroatoms. The number of anilines is 1. The summed E-state index contributed by atoms with van der Waals surface area (Å²) in [5.74, 6) is -0.157. The topological polar surface area (TPSA) is 101 Å². The summed E-state index contributed by atoms with van der Waals surface area (Å²) in [6.07, 6.45) is 2.18. The molecule has 0 bridgehead atoms. The van der Waals surface area contributed by atoms with E-state index in [4.69, 9.17) is 4.74 Å². The average Bonchev–Trinajstić information content (AvgIpc) is 3.27. The SMILES string of the molecule is COc1ccc2nc(NC(=O)CN3C(=O)NC4(CCCc5ccccc54)C3=O)sc2c1. The Labute approximate surface area is 182 Å². The first-order valence-corrected chi connectivity index (χ1v) is 10.8. The fourth-order valence-corrected chi connectivity index (χ4v) is 5.25. The molecule has 1 fully saturated rings. The summed E-state index contributed by atoms with van der Waals surface area (Å²) < 4.78 is 6.07. The van der Waals surface area contributed by atoms with Crippen LogP contribution in [0.5, 0.6) is 5.75 Å². The van der Waals surface area contributed by atoms with Gasteiger partial charge in [0.15, 0.2) is 5.13 Å². The van der Waals surface area contributed by atoms with Crippen LogP contribution in [-0.4, -0.2) is 41.4 Å². The Hall–Kier alpha value is -3.46. The van der Waals surface area contributed by atoms with Crippen LogP contribution in [0.3, 0.4) is 0 Å². The zero-order valence-electron chi connectivity index (χ0n) is 16.8. The van der Waals surface area contributed by atoms with E-state index >= 15 is 0 Å². The van der Waals surface area contributed by atoms with Crippen LogP contribution in [-0.2, 0) is 21.5 Å². The number of nitrogens with zero attached hydrogens (tertiary/aromatic N) is 2. The Kier molecular flexibility index (Phi) is 4.62. The summed E-state index contributed by atoms with van der Waals surface area (Å²) in [5, 5.41) is 5.96. The number of hydrogen-bond acceptors (Lipinski definition) is 6. The van der Waals surface area contributed by atoms with Crippen LogP contribution >= 0.6 is 11.3 Å². The number of fused-ring (bicyclic) bond motifs is 3. The highest BCUT2D eigenvalue weighted by atomic mass is 32.1. The van der Waals surface area contributed by atoms with E-state index < -0.39 is 17.5 Å². The standard InChI is InChI=1S/C22H20N4O4S/c1-30-14-8-9-16-17(11-14)31-20(23-16)24-18(27)12-26-19(28)22(25-21(26)29)10-4-6-13-5-2-3-7-15(13)22/h2-3,5,7-9,11H,4,6,10,12H2,1H3,(H,25,29)(H,23,24,27). The molecule has 1 aliphatic carbocycles. The van der Waals surface area contributed by atoms with Gasteiger partial charge in [-0.2, -0.15) is 0 Å². The van der Waals surface area contributed by atoms with Crippen molar-refractivity contribution in [2.45, 2.75) is 24.8 Å². The summed E-state index contributed by atoms with van der Waals surface area (Å²) >= 11 is 1.30. The molecule has 3 aromatic rings. The molecule has 0 saturated carbocycles. The molecule has 2 aromatic carbocycles. The van der Waals surface area contributed by atoms with Crippen LogP contribution < -0.4 is 15.4 Å². The van der Waals surface area contributed by atoms with Gasteiger partial charge in [0.05, 0.1) is 17.3 Å². The first kappa shape index (κ1) is 19.5. The van der Waals surface area contributed by atoms with Crippen LogP contribution in [0.25, 0.3) is 10.2 Å². The van der Waals surface area contributed by atoms with Crippen LogP contribution in [0.4, 0.5) is 9.93 Å². The number of urea groups is 1. The quantitative estimate of drug-likeness (QED) is 0.613. The van der Waals surface area contributed by atoms with Crippen molar-refractivity contribution < 1.29 is 19.1 Å². The highest BCUT2D eigenvalue weighted by Gasteiger charge is 2.54. The summed E-state index contributed by atoms with van der Waals surface area (Å²) in [6, 6.07) is 12.5. The van der Waals surface area contributed by atoms with Crippen LogP contribution in [0.1, 0.15) is 24.0 Å². The van der Waals surface area contributed by atoms with Crippen LogP contribution in [0.15, 0.2) is 42.5 Å². The number of carbonyl (C=O) groups is 3. The minimum absolute atomic E-state index is 0.367. The van der Waals surface area contributed by atoms with E-state index in [1.165, 1.54) is 11.3 Å². The molecule has 2 aliphatic rings. The Morgan fingerprint density at radius 2 is 2.13 bits per heavy atom. The van der Waals surface area contributed by atoms with E-state index in [-0.39, 0.29) is 12.5 Å². The maximum absolute atomic E-state index is 13.3. The predicted molar refractivity (Wildman–Crippen MR) is 116 cm³/mol.